The van der Waals surface area contributed by atoms with Gasteiger partial charge in [-0.3, -0.25) is 9.59 Å². The topological polar surface area (TPSA) is 76.4 Å². The molecule has 0 saturated heterocycles. The van der Waals surface area contributed by atoms with Crippen LogP contribution in [0, 0.1) is 28.6 Å². The molecule has 5 heteroatoms. The molecule has 120 valence electrons. The van der Waals surface area contributed by atoms with Gasteiger partial charge < -0.3 is 9.47 Å². The summed E-state index contributed by atoms with van der Waals surface area (Å²) < 4.78 is 9.95. The van der Waals surface area contributed by atoms with Crippen LogP contribution in [-0.4, -0.2) is 25.2 Å². The van der Waals surface area contributed by atoms with Crippen LogP contribution in [0.15, 0.2) is 0 Å². The van der Waals surface area contributed by atoms with Gasteiger partial charge in [-0.25, -0.2) is 0 Å². The van der Waals surface area contributed by atoms with Crippen molar-refractivity contribution in [1.29, 1.82) is 5.26 Å². The average molecular weight is 297 g/mol. The second-order valence-corrected chi connectivity index (χ2v) is 5.44. The van der Waals surface area contributed by atoms with Crippen LogP contribution < -0.4 is 0 Å². The van der Waals surface area contributed by atoms with Crippen LogP contribution in [0.5, 0.6) is 0 Å². The van der Waals surface area contributed by atoms with Gasteiger partial charge in [0, 0.05) is 0 Å². The van der Waals surface area contributed by atoms with Gasteiger partial charge in [-0.1, -0.05) is 20.8 Å². The lowest BCUT2D eigenvalue weighted by Crippen LogP contribution is -2.33. The van der Waals surface area contributed by atoms with Crippen molar-refractivity contribution in [1.82, 2.24) is 0 Å². The largest absolute Gasteiger partial charge is 0.466 e. The standard InChI is InChI=1S/C16H27NO4/c1-6-16(11-17,12(4)5)10-13(15(19)21-8-3)9-14(18)20-7-2/h12-13H,6-10H2,1-5H3. The van der Waals surface area contributed by atoms with Crippen molar-refractivity contribution < 1.29 is 19.1 Å². The summed E-state index contributed by atoms with van der Waals surface area (Å²) in [5.74, 6) is -1.40. The first-order chi connectivity index (χ1) is 9.86. The number of nitriles is 1. The molecule has 0 aromatic rings. The molecule has 0 aromatic heterocycles. The molecule has 0 aliphatic rings. The summed E-state index contributed by atoms with van der Waals surface area (Å²) in [7, 11) is 0. The monoisotopic (exact) mass is 297 g/mol. The van der Waals surface area contributed by atoms with E-state index in [-0.39, 0.29) is 25.6 Å². The summed E-state index contributed by atoms with van der Waals surface area (Å²) in [6, 6.07) is 2.34. The number of esters is 2. The first-order valence-corrected chi connectivity index (χ1v) is 7.60. The molecule has 5 nitrogen and oxygen atoms in total. The molecule has 0 rings (SSSR count). The van der Waals surface area contributed by atoms with Crippen LogP contribution in [-0.2, 0) is 19.1 Å². The Morgan fingerprint density at radius 3 is 2.10 bits per heavy atom. The summed E-state index contributed by atoms with van der Waals surface area (Å²) >= 11 is 0. The SMILES string of the molecule is CCOC(=O)CC(CC(C#N)(CC)C(C)C)C(=O)OCC. The second-order valence-electron chi connectivity index (χ2n) is 5.44. The fraction of sp³-hybridized carbons (Fsp3) is 0.812. The maximum atomic E-state index is 12.1. The number of rotatable bonds is 9. The molecule has 0 aromatic carbocycles. The quantitative estimate of drug-likeness (QED) is 0.611. The maximum Gasteiger partial charge on any atom is 0.309 e. The Kier molecular flexibility index (Phi) is 8.68. The minimum absolute atomic E-state index is 0.0389. The summed E-state index contributed by atoms with van der Waals surface area (Å²) in [4.78, 5) is 23.8. The lowest BCUT2D eigenvalue weighted by atomic mass is 9.70. The normalized spacial score (nSPS) is 14.9. The zero-order chi connectivity index (χ0) is 16.5. The molecule has 0 saturated carbocycles. The molecule has 0 aliphatic carbocycles. The molecule has 0 N–H and O–H groups in total. The van der Waals surface area contributed by atoms with Gasteiger partial charge in [-0.2, -0.15) is 5.26 Å². The number of hydrogen-bond acceptors (Lipinski definition) is 5. The van der Waals surface area contributed by atoms with Gasteiger partial charge in [0.15, 0.2) is 0 Å². The van der Waals surface area contributed by atoms with Crippen LogP contribution >= 0.6 is 0 Å². The van der Waals surface area contributed by atoms with Crippen LogP contribution in [0.2, 0.25) is 0 Å². The van der Waals surface area contributed by atoms with Gasteiger partial charge in [0.2, 0.25) is 0 Å². The van der Waals surface area contributed by atoms with Gasteiger partial charge in [-0.05, 0) is 32.6 Å². The van der Waals surface area contributed by atoms with Gasteiger partial charge in [0.25, 0.3) is 0 Å². The molecular formula is C16H27NO4. The third-order valence-corrected chi connectivity index (χ3v) is 3.91. The van der Waals surface area contributed by atoms with E-state index in [4.69, 9.17) is 9.47 Å². The molecule has 0 fully saturated rings. The van der Waals surface area contributed by atoms with E-state index < -0.39 is 23.3 Å². The summed E-state index contributed by atoms with van der Waals surface area (Å²) in [6.07, 6.45) is 0.901. The Morgan fingerprint density at radius 2 is 1.71 bits per heavy atom. The molecule has 0 heterocycles. The lowest BCUT2D eigenvalue weighted by molar-refractivity contribution is -0.156. The van der Waals surface area contributed by atoms with Gasteiger partial charge in [-0.15, -0.1) is 0 Å². The predicted octanol–water partition coefficient (Wildman–Crippen LogP) is 3.08. The molecule has 0 amide bonds. The van der Waals surface area contributed by atoms with Crippen LogP contribution in [0.25, 0.3) is 0 Å². The fourth-order valence-electron chi connectivity index (χ4n) is 2.40. The number of carbonyl (C=O) groups excluding carboxylic acids is 2. The highest BCUT2D eigenvalue weighted by Crippen LogP contribution is 2.38. The van der Waals surface area contributed by atoms with Crippen LogP contribution in [0.1, 0.15) is 53.9 Å². The lowest BCUT2D eigenvalue weighted by Gasteiger charge is -2.32. The zero-order valence-electron chi connectivity index (χ0n) is 13.8. The number of carbonyl (C=O) groups is 2. The highest BCUT2D eigenvalue weighted by Gasteiger charge is 2.38. The minimum Gasteiger partial charge on any atom is -0.466 e. The molecule has 0 radical (unpaired) electrons. The predicted molar refractivity (Wildman–Crippen MR) is 79.2 cm³/mol. The van der Waals surface area contributed by atoms with Gasteiger partial charge in [0.05, 0.1) is 37.0 Å². The molecule has 2 atom stereocenters. The van der Waals surface area contributed by atoms with Crippen LogP contribution in [0.4, 0.5) is 0 Å². The van der Waals surface area contributed by atoms with Crippen molar-refractivity contribution in [3.05, 3.63) is 0 Å². The highest BCUT2D eigenvalue weighted by atomic mass is 16.5. The van der Waals surface area contributed by atoms with E-state index in [9.17, 15) is 14.9 Å². The highest BCUT2D eigenvalue weighted by molar-refractivity contribution is 5.80. The number of nitrogens with zero attached hydrogens (tertiary/aromatic N) is 1. The molecule has 0 aliphatic heterocycles. The van der Waals surface area contributed by atoms with E-state index in [1.165, 1.54) is 0 Å². The Morgan fingerprint density at radius 1 is 1.14 bits per heavy atom. The smallest absolute Gasteiger partial charge is 0.309 e. The summed E-state index contributed by atoms with van der Waals surface area (Å²) in [6.45, 7) is 9.81. The second kappa shape index (κ2) is 9.38. The van der Waals surface area contributed by atoms with E-state index in [0.29, 0.717) is 12.8 Å². The Hall–Kier alpha value is -1.57. The number of hydrogen-bond donors (Lipinski definition) is 0. The third kappa shape index (κ3) is 5.74. The van der Waals surface area contributed by atoms with Crippen molar-refractivity contribution in [3.8, 4) is 6.07 Å². The van der Waals surface area contributed by atoms with Crippen molar-refractivity contribution in [2.45, 2.75) is 53.9 Å². The molecule has 2 unspecified atom stereocenters. The Labute approximate surface area is 127 Å². The molecule has 0 bridgehead atoms. The molecular weight excluding hydrogens is 270 g/mol. The van der Waals surface area contributed by atoms with E-state index >= 15 is 0 Å². The Balaban J connectivity index is 5.16. The fourth-order valence-corrected chi connectivity index (χ4v) is 2.40. The first-order valence-electron chi connectivity index (χ1n) is 7.60. The average Bonchev–Trinajstić information content (AvgIpc) is 2.43. The first kappa shape index (κ1) is 19.4. The van der Waals surface area contributed by atoms with Crippen molar-refractivity contribution >= 4 is 11.9 Å². The van der Waals surface area contributed by atoms with Crippen molar-refractivity contribution in [2.24, 2.45) is 17.3 Å². The zero-order valence-corrected chi connectivity index (χ0v) is 13.8. The van der Waals surface area contributed by atoms with Crippen molar-refractivity contribution in [3.63, 3.8) is 0 Å². The number of ether oxygens (including phenoxy) is 2. The third-order valence-electron chi connectivity index (χ3n) is 3.91. The molecule has 21 heavy (non-hydrogen) atoms. The summed E-state index contributed by atoms with van der Waals surface area (Å²) in [5, 5.41) is 9.53. The van der Waals surface area contributed by atoms with E-state index in [1.54, 1.807) is 13.8 Å². The van der Waals surface area contributed by atoms with Crippen molar-refractivity contribution in [2.75, 3.05) is 13.2 Å². The Bertz CT molecular complexity index is 386. The maximum absolute atomic E-state index is 12.1. The molecule has 0 spiro atoms. The van der Waals surface area contributed by atoms with E-state index in [1.807, 2.05) is 20.8 Å². The van der Waals surface area contributed by atoms with Gasteiger partial charge in [0.1, 0.15) is 0 Å². The van der Waals surface area contributed by atoms with Crippen LogP contribution in [0.3, 0.4) is 0 Å². The van der Waals surface area contributed by atoms with Gasteiger partial charge >= 0.3 is 11.9 Å². The van der Waals surface area contributed by atoms with E-state index in [2.05, 4.69) is 6.07 Å². The summed E-state index contributed by atoms with van der Waals surface area (Å²) in [5.41, 5.74) is -0.635. The minimum atomic E-state index is -0.635. The van der Waals surface area contributed by atoms with E-state index in [0.717, 1.165) is 0 Å².